The van der Waals surface area contributed by atoms with Crippen LogP contribution in [0.3, 0.4) is 0 Å². The molecule has 0 amide bonds. The molecule has 3 rings (SSSR count). The maximum absolute atomic E-state index is 13.1. The number of ether oxygens (including phenoxy) is 1. The Bertz CT molecular complexity index is 697. The Balaban J connectivity index is 1.97. The van der Waals surface area contributed by atoms with Gasteiger partial charge in [-0.05, 0) is 71.5 Å². The fourth-order valence-corrected chi connectivity index (χ4v) is 3.11. The molecule has 4 heteroatoms. The van der Waals surface area contributed by atoms with Crippen LogP contribution in [0.2, 0.25) is 0 Å². The van der Waals surface area contributed by atoms with Crippen LogP contribution in [-0.4, -0.2) is 11.9 Å². The molecule has 2 aromatic rings. The predicted molar refractivity (Wildman–Crippen MR) is 82.8 cm³/mol. The lowest BCUT2D eigenvalue weighted by molar-refractivity contribution is 0.103. The summed E-state index contributed by atoms with van der Waals surface area (Å²) in [7, 11) is 0. The summed E-state index contributed by atoms with van der Waals surface area (Å²) in [6.07, 6.45) is 0.970. The van der Waals surface area contributed by atoms with Gasteiger partial charge in [0.05, 0.1) is 0 Å². The lowest BCUT2D eigenvalue weighted by Crippen LogP contribution is -2.05. The minimum atomic E-state index is -0.331. The quantitative estimate of drug-likeness (QED) is 0.580. The largest absolute Gasteiger partial charge is 0.490 e. The number of halogens is 2. The molecular weight excluding hydrogens is 370 g/mol. The molecule has 2 aromatic carbocycles. The van der Waals surface area contributed by atoms with Gasteiger partial charge in [0.15, 0.2) is 5.78 Å². The first-order valence-electron chi connectivity index (χ1n) is 6.34. The van der Waals surface area contributed by atoms with E-state index in [1.54, 1.807) is 6.07 Å². The van der Waals surface area contributed by atoms with E-state index in [9.17, 15) is 9.18 Å². The molecule has 0 saturated carbocycles. The number of fused-ring (bicyclic) bond motifs is 1. The van der Waals surface area contributed by atoms with E-state index in [1.165, 1.54) is 18.2 Å². The third kappa shape index (κ3) is 2.44. The molecule has 1 aliphatic heterocycles. The summed E-state index contributed by atoms with van der Waals surface area (Å²) in [6, 6.07) is 9.69. The highest BCUT2D eigenvalue weighted by atomic mass is 127. The van der Waals surface area contributed by atoms with Crippen molar-refractivity contribution in [1.82, 2.24) is 0 Å². The summed E-state index contributed by atoms with van der Waals surface area (Å²) < 4.78 is 19.4. The van der Waals surface area contributed by atoms with Gasteiger partial charge in [-0.2, -0.15) is 0 Å². The SMILES string of the molecule is CC1Cc2cc(C(=O)c3ccc(F)cc3I)ccc2O1. The van der Waals surface area contributed by atoms with Crippen molar-refractivity contribution < 1.29 is 13.9 Å². The Labute approximate surface area is 130 Å². The van der Waals surface area contributed by atoms with E-state index in [-0.39, 0.29) is 17.7 Å². The van der Waals surface area contributed by atoms with Crippen molar-refractivity contribution in [2.24, 2.45) is 0 Å². The molecule has 0 aliphatic carbocycles. The van der Waals surface area contributed by atoms with Crippen LogP contribution in [0.4, 0.5) is 4.39 Å². The summed E-state index contributed by atoms with van der Waals surface area (Å²) in [6.45, 7) is 2.00. The van der Waals surface area contributed by atoms with Gasteiger partial charge in [-0.1, -0.05) is 0 Å². The molecule has 20 heavy (non-hydrogen) atoms. The van der Waals surface area contributed by atoms with Gasteiger partial charge in [0.1, 0.15) is 17.7 Å². The summed E-state index contributed by atoms with van der Waals surface area (Å²) in [5.74, 6) is 0.432. The molecule has 1 unspecified atom stereocenters. The van der Waals surface area contributed by atoms with Crippen molar-refractivity contribution >= 4 is 28.4 Å². The maximum atomic E-state index is 13.1. The minimum absolute atomic E-state index is 0.0863. The Kier molecular flexibility index (Phi) is 3.50. The van der Waals surface area contributed by atoms with Crippen molar-refractivity contribution in [1.29, 1.82) is 0 Å². The zero-order chi connectivity index (χ0) is 14.3. The van der Waals surface area contributed by atoms with Gasteiger partial charge in [0.25, 0.3) is 0 Å². The number of carbonyl (C=O) groups excluding carboxylic acids is 1. The Morgan fingerprint density at radius 3 is 2.85 bits per heavy atom. The highest BCUT2D eigenvalue weighted by Crippen LogP contribution is 2.30. The second-order valence-corrected chi connectivity index (χ2v) is 6.07. The van der Waals surface area contributed by atoms with Crippen LogP contribution in [0.15, 0.2) is 36.4 Å². The third-order valence-electron chi connectivity index (χ3n) is 3.33. The topological polar surface area (TPSA) is 26.3 Å². The summed E-state index contributed by atoms with van der Waals surface area (Å²) in [5.41, 5.74) is 2.20. The molecule has 0 spiro atoms. The van der Waals surface area contributed by atoms with Gasteiger partial charge < -0.3 is 4.74 Å². The van der Waals surface area contributed by atoms with Crippen LogP contribution < -0.4 is 4.74 Å². The molecule has 2 nitrogen and oxygen atoms in total. The normalized spacial score (nSPS) is 16.6. The summed E-state index contributed by atoms with van der Waals surface area (Å²) in [4.78, 5) is 12.5. The average molecular weight is 382 g/mol. The standard InChI is InChI=1S/C16H12FIO2/c1-9-6-11-7-10(2-5-15(11)20-9)16(19)13-4-3-12(17)8-14(13)18/h2-5,7-9H,6H2,1H3. The first-order valence-corrected chi connectivity index (χ1v) is 7.42. The molecule has 0 bridgehead atoms. The first-order chi connectivity index (χ1) is 9.54. The monoisotopic (exact) mass is 382 g/mol. The van der Waals surface area contributed by atoms with E-state index in [0.717, 1.165) is 17.7 Å². The lowest BCUT2D eigenvalue weighted by atomic mass is 10.00. The fourth-order valence-electron chi connectivity index (χ4n) is 2.39. The fraction of sp³-hybridized carbons (Fsp3) is 0.188. The van der Waals surface area contributed by atoms with E-state index in [2.05, 4.69) is 0 Å². The summed E-state index contributed by atoms with van der Waals surface area (Å²) in [5, 5.41) is 0. The molecule has 102 valence electrons. The van der Waals surface area contributed by atoms with Gasteiger partial charge in [0, 0.05) is 21.1 Å². The van der Waals surface area contributed by atoms with Crippen LogP contribution in [0, 0.1) is 9.39 Å². The average Bonchev–Trinajstić information content (AvgIpc) is 2.77. The van der Waals surface area contributed by atoms with Crippen molar-refractivity contribution in [2.75, 3.05) is 0 Å². The predicted octanol–water partition coefficient (Wildman–Crippen LogP) is 3.98. The first kappa shape index (κ1) is 13.5. The molecule has 0 fully saturated rings. The molecule has 0 radical (unpaired) electrons. The Hall–Kier alpha value is -1.43. The lowest BCUT2D eigenvalue weighted by Gasteiger charge is -2.06. The van der Waals surface area contributed by atoms with Crippen molar-refractivity contribution in [3.05, 3.63) is 62.5 Å². The van der Waals surface area contributed by atoms with E-state index in [1.807, 2.05) is 41.6 Å². The molecule has 0 aromatic heterocycles. The van der Waals surface area contributed by atoms with Crippen LogP contribution in [0.1, 0.15) is 28.4 Å². The van der Waals surface area contributed by atoms with Crippen LogP contribution in [0.25, 0.3) is 0 Å². The summed E-state index contributed by atoms with van der Waals surface area (Å²) >= 11 is 1.98. The van der Waals surface area contributed by atoms with Crippen molar-refractivity contribution in [3.63, 3.8) is 0 Å². The second-order valence-electron chi connectivity index (χ2n) is 4.91. The van der Waals surface area contributed by atoms with Crippen LogP contribution >= 0.6 is 22.6 Å². The smallest absolute Gasteiger partial charge is 0.194 e. The Morgan fingerprint density at radius 2 is 2.10 bits per heavy atom. The van der Waals surface area contributed by atoms with Crippen molar-refractivity contribution in [2.45, 2.75) is 19.4 Å². The van der Waals surface area contributed by atoms with Gasteiger partial charge in [0.2, 0.25) is 0 Å². The number of carbonyl (C=O) groups is 1. The number of rotatable bonds is 2. The maximum Gasteiger partial charge on any atom is 0.194 e. The highest BCUT2D eigenvalue weighted by molar-refractivity contribution is 14.1. The van der Waals surface area contributed by atoms with Crippen LogP contribution in [0.5, 0.6) is 5.75 Å². The Morgan fingerprint density at radius 1 is 1.30 bits per heavy atom. The molecular formula is C16H12FIO2. The van der Waals surface area contributed by atoms with E-state index >= 15 is 0 Å². The molecule has 1 atom stereocenters. The number of hydrogen-bond donors (Lipinski definition) is 0. The van der Waals surface area contributed by atoms with Gasteiger partial charge in [-0.15, -0.1) is 0 Å². The second kappa shape index (κ2) is 5.16. The molecule has 0 N–H and O–H groups in total. The van der Waals surface area contributed by atoms with Gasteiger partial charge >= 0.3 is 0 Å². The van der Waals surface area contributed by atoms with E-state index in [4.69, 9.17) is 4.74 Å². The molecule has 0 saturated heterocycles. The van der Waals surface area contributed by atoms with Crippen molar-refractivity contribution in [3.8, 4) is 5.75 Å². The van der Waals surface area contributed by atoms with Gasteiger partial charge in [-0.3, -0.25) is 4.79 Å². The third-order valence-corrected chi connectivity index (χ3v) is 4.23. The minimum Gasteiger partial charge on any atom is -0.490 e. The number of benzene rings is 2. The van der Waals surface area contributed by atoms with E-state index in [0.29, 0.717) is 14.7 Å². The van der Waals surface area contributed by atoms with E-state index < -0.39 is 0 Å². The number of ketones is 1. The molecule has 1 heterocycles. The highest BCUT2D eigenvalue weighted by Gasteiger charge is 2.21. The zero-order valence-corrected chi connectivity index (χ0v) is 13.0. The van der Waals surface area contributed by atoms with Crippen LogP contribution in [-0.2, 0) is 6.42 Å². The molecule has 1 aliphatic rings. The number of hydrogen-bond acceptors (Lipinski definition) is 2. The van der Waals surface area contributed by atoms with Gasteiger partial charge in [-0.25, -0.2) is 4.39 Å². The zero-order valence-electron chi connectivity index (χ0n) is 10.8.